The number of unbranched alkanes of at least 4 members (excludes halogenated alkanes) is 2. The van der Waals surface area contributed by atoms with E-state index in [0.29, 0.717) is 18.6 Å². The minimum Gasteiger partial charge on any atom is -0.289 e. The third-order valence-corrected chi connectivity index (χ3v) is 2.72. The third kappa shape index (κ3) is 9.10. The fourth-order valence-corrected chi connectivity index (χ4v) is 1.65. The van der Waals surface area contributed by atoms with E-state index in [9.17, 15) is 9.59 Å². The van der Waals surface area contributed by atoms with Crippen LogP contribution in [0.2, 0.25) is 0 Å². The van der Waals surface area contributed by atoms with Gasteiger partial charge in [0.25, 0.3) is 5.91 Å². The molecule has 22 heavy (non-hydrogen) atoms. The molecular formula is C16H30N2O4. The fraction of sp³-hybridized carbons (Fsp3) is 0.500. The van der Waals surface area contributed by atoms with Crippen molar-refractivity contribution in [3.05, 3.63) is 35.4 Å². The number of rotatable bonds is 8. The molecule has 0 saturated heterocycles. The normalized spacial score (nSPS) is 9.45. The van der Waals surface area contributed by atoms with Crippen molar-refractivity contribution < 1.29 is 22.5 Å². The smallest absolute Gasteiger partial charge is 0.274 e. The molecule has 0 spiro atoms. The molecule has 0 aliphatic rings. The molecule has 2 amide bonds. The van der Waals surface area contributed by atoms with Crippen LogP contribution in [0.15, 0.2) is 24.3 Å². The van der Waals surface area contributed by atoms with Crippen LogP contribution >= 0.6 is 0 Å². The Hall–Kier alpha value is -1.92. The molecule has 3 N–H and O–H groups in total. The quantitative estimate of drug-likeness (QED) is 0.390. The van der Waals surface area contributed by atoms with Crippen LogP contribution in [-0.2, 0) is 9.63 Å². The van der Waals surface area contributed by atoms with Crippen LogP contribution in [0.3, 0.4) is 0 Å². The Balaban J connectivity index is -0.00000106. The number of carbonyl (C=O) groups excluding carboxylic acids is 2. The highest BCUT2D eigenvalue weighted by Gasteiger charge is 2.04. The summed E-state index contributed by atoms with van der Waals surface area (Å²) in [5, 5.41) is 8.29. The molecule has 6 nitrogen and oxygen atoms in total. The molecule has 0 heterocycles. The van der Waals surface area contributed by atoms with E-state index in [1.165, 1.54) is 0 Å². The summed E-state index contributed by atoms with van der Waals surface area (Å²) in [5.74, 6) is -0.660. The minimum absolute atomic E-state index is 0. The molecule has 0 bridgehead atoms. The zero-order chi connectivity index (χ0) is 16.8. The largest absolute Gasteiger partial charge is 0.289 e. The van der Waals surface area contributed by atoms with Gasteiger partial charge in [-0.1, -0.05) is 38.0 Å². The molecule has 128 valence electrons. The van der Waals surface area contributed by atoms with Gasteiger partial charge in [-0.05, 0) is 31.9 Å². The van der Waals surface area contributed by atoms with E-state index in [1.54, 1.807) is 17.6 Å². The predicted molar refractivity (Wildman–Crippen MR) is 88.6 cm³/mol. The molecule has 1 rings (SSSR count). The van der Waals surface area contributed by atoms with Crippen LogP contribution in [0.4, 0.5) is 0 Å². The average molecular weight is 314 g/mol. The number of hydroxylamine groups is 2. The zero-order valence-corrected chi connectivity index (χ0v) is 13.5. The van der Waals surface area contributed by atoms with E-state index in [4.69, 9.17) is 10.0 Å². The number of aryl methyl sites for hydroxylation is 1. The van der Waals surface area contributed by atoms with Gasteiger partial charge in [0.15, 0.2) is 0 Å². The number of amides is 2. The molecule has 1 aromatic rings. The zero-order valence-electron chi connectivity index (χ0n) is 13.5. The second-order valence-electron chi connectivity index (χ2n) is 4.49. The monoisotopic (exact) mass is 314 g/mol. The Bertz CT molecular complexity index is 459. The van der Waals surface area contributed by atoms with Gasteiger partial charge in [0.1, 0.15) is 0 Å². The summed E-state index contributed by atoms with van der Waals surface area (Å²) in [6.07, 6.45) is 2.47. The van der Waals surface area contributed by atoms with Crippen LogP contribution in [-0.4, -0.2) is 23.6 Å². The second kappa shape index (κ2) is 12.8. The van der Waals surface area contributed by atoms with Gasteiger partial charge >= 0.3 is 0 Å². The van der Waals surface area contributed by atoms with E-state index in [0.717, 1.165) is 18.4 Å². The van der Waals surface area contributed by atoms with E-state index >= 15 is 0 Å². The van der Waals surface area contributed by atoms with E-state index in [1.807, 2.05) is 32.9 Å². The van der Waals surface area contributed by atoms with Crippen LogP contribution in [0, 0.1) is 6.92 Å². The minimum atomic E-state index is -0.390. The van der Waals surface area contributed by atoms with Crippen LogP contribution < -0.4 is 11.0 Å². The average Bonchev–Trinajstić information content (AvgIpc) is 2.55. The summed E-state index contributed by atoms with van der Waals surface area (Å²) in [7, 11) is 0. The van der Waals surface area contributed by atoms with Crippen molar-refractivity contribution in [3.8, 4) is 0 Å². The fourth-order valence-electron chi connectivity index (χ4n) is 1.65. The van der Waals surface area contributed by atoms with Gasteiger partial charge in [-0.15, -0.1) is 0 Å². The Morgan fingerprint density at radius 2 is 1.95 bits per heavy atom. The molecule has 0 aliphatic carbocycles. The SMILES string of the molecule is CC.Cc1cccc(C(=O)NOCCCCCC(=O)NO)c1.[HH].[HH]. The molecule has 0 saturated carbocycles. The Morgan fingerprint density at radius 3 is 2.59 bits per heavy atom. The number of benzene rings is 1. The number of hydrogen-bond donors (Lipinski definition) is 3. The van der Waals surface area contributed by atoms with Crippen molar-refractivity contribution in [1.82, 2.24) is 11.0 Å². The Morgan fingerprint density at radius 1 is 1.23 bits per heavy atom. The first-order valence-corrected chi connectivity index (χ1v) is 7.55. The first-order valence-electron chi connectivity index (χ1n) is 7.55. The van der Waals surface area contributed by atoms with Crippen molar-refractivity contribution in [2.45, 2.75) is 46.5 Å². The van der Waals surface area contributed by atoms with Crippen molar-refractivity contribution in [2.24, 2.45) is 0 Å². The lowest BCUT2D eigenvalue weighted by Crippen LogP contribution is -2.24. The van der Waals surface area contributed by atoms with Gasteiger partial charge in [0.2, 0.25) is 5.91 Å². The highest BCUT2D eigenvalue weighted by Crippen LogP contribution is 2.04. The summed E-state index contributed by atoms with van der Waals surface area (Å²) in [6, 6.07) is 7.24. The highest BCUT2D eigenvalue weighted by atomic mass is 16.6. The van der Waals surface area contributed by atoms with Crippen LogP contribution in [0.5, 0.6) is 0 Å². The van der Waals surface area contributed by atoms with Gasteiger partial charge in [-0.25, -0.2) is 11.0 Å². The maximum absolute atomic E-state index is 11.7. The summed E-state index contributed by atoms with van der Waals surface area (Å²) in [4.78, 5) is 27.5. The number of hydrogen-bond acceptors (Lipinski definition) is 4. The van der Waals surface area contributed by atoms with Crippen LogP contribution in [0.1, 0.15) is 58.3 Å². The molecule has 0 aromatic heterocycles. The van der Waals surface area contributed by atoms with Gasteiger partial charge in [-0.2, -0.15) is 0 Å². The lowest BCUT2D eigenvalue weighted by Gasteiger charge is -2.06. The molecule has 0 atom stereocenters. The maximum Gasteiger partial charge on any atom is 0.274 e. The van der Waals surface area contributed by atoms with E-state index in [2.05, 4.69) is 5.48 Å². The summed E-state index contributed by atoms with van der Waals surface area (Å²) in [6.45, 7) is 6.30. The highest BCUT2D eigenvalue weighted by molar-refractivity contribution is 5.93. The van der Waals surface area contributed by atoms with Gasteiger partial charge in [-0.3, -0.25) is 19.6 Å². The van der Waals surface area contributed by atoms with Crippen molar-refractivity contribution >= 4 is 11.8 Å². The summed E-state index contributed by atoms with van der Waals surface area (Å²) < 4.78 is 0. The summed E-state index contributed by atoms with van der Waals surface area (Å²) in [5.41, 5.74) is 5.53. The third-order valence-electron chi connectivity index (χ3n) is 2.72. The van der Waals surface area contributed by atoms with E-state index < -0.39 is 5.91 Å². The Kier molecular flexibility index (Phi) is 11.7. The maximum atomic E-state index is 11.7. The molecule has 0 unspecified atom stereocenters. The molecule has 0 aliphatic heterocycles. The van der Waals surface area contributed by atoms with Crippen molar-refractivity contribution in [1.29, 1.82) is 0 Å². The first kappa shape index (κ1) is 20.1. The lowest BCUT2D eigenvalue weighted by molar-refractivity contribution is -0.129. The molecule has 6 heteroatoms. The topological polar surface area (TPSA) is 87.7 Å². The molecule has 1 aromatic carbocycles. The van der Waals surface area contributed by atoms with Gasteiger partial charge in [0, 0.05) is 14.8 Å². The van der Waals surface area contributed by atoms with Crippen molar-refractivity contribution in [3.63, 3.8) is 0 Å². The van der Waals surface area contributed by atoms with Gasteiger partial charge in [0.05, 0.1) is 6.61 Å². The Labute approximate surface area is 134 Å². The molecular weight excluding hydrogens is 284 g/mol. The standard InChI is InChI=1S/C14H20N2O4.C2H6.2H2/c1-11-6-5-7-12(10-11)14(18)16-20-9-4-2-3-8-13(17)15-19;1-2;;/h5-7,10,19H,2-4,8-9H2,1H3,(H,15,17)(H,16,18);1-2H3;2*1H. The molecule has 0 radical (unpaired) electrons. The van der Waals surface area contributed by atoms with E-state index in [-0.39, 0.29) is 15.2 Å². The lowest BCUT2D eigenvalue weighted by atomic mass is 10.1. The predicted octanol–water partition coefficient (Wildman–Crippen LogP) is 3.24. The van der Waals surface area contributed by atoms with Crippen molar-refractivity contribution in [2.75, 3.05) is 6.61 Å². The number of nitrogens with one attached hydrogen (secondary N) is 2. The van der Waals surface area contributed by atoms with Gasteiger partial charge < -0.3 is 0 Å². The van der Waals surface area contributed by atoms with Crippen LogP contribution in [0.25, 0.3) is 0 Å². The second-order valence-corrected chi connectivity index (χ2v) is 4.49. The first-order chi connectivity index (χ1) is 10.6. The summed E-state index contributed by atoms with van der Waals surface area (Å²) >= 11 is 0. The molecule has 0 fully saturated rings. The number of carbonyl (C=O) groups is 2.